The zero-order valence-electron chi connectivity index (χ0n) is 8.27. The van der Waals surface area contributed by atoms with Crippen molar-refractivity contribution in [3.63, 3.8) is 0 Å². The van der Waals surface area contributed by atoms with E-state index in [1.807, 2.05) is 12.3 Å². The minimum Gasteiger partial charge on any atom is -0.384 e. The first-order chi connectivity index (χ1) is 7.24. The summed E-state index contributed by atoms with van der Waals surface area (Å²) in [5.74, 6) is 0.989. The van der Waals surface area contributed by atoms with Crippen LogP contribution in [0.3, 0.4) is 0 Å². The number of nitrogen functional groups attached to an aromatic ring is 1. The lowest BCUT2D eigenvalue weighted by atomic mass is 10.5. The second-order valence-electron chi connectivity index (χ2n) is 3.02. The maximum atomic E-state index is 5.53. The Labute approximate surface area is 91.4 Å². The Morgan fingerprint density at radius 1 is 1.47 bits per heavy atom. The Morgan fingerprint density at radius 2 is 2.33 bits per heavy atom. The Hall–Kier alpha value is -1.69. The quantitative estimate of drug-likeness (QED) is 0.820. The highest BCUT2D eigenvalue weighted by Crippen LogP contribution is 2.09. The second kappa shape index (κ2) is 4.22. The molecule has 3 N–H and O–H groups in total. The van der Waals surface area contributed by atoms with E-state index in [1.54, 1.807) is 23.6 Å². The lowest BCUT2D eigenvalue weighted by Gasteiger charge is -2.02. The van der Waals surface area contributed by atoms with Gasteiger partial charge in [0, 0.05) is 11.6 Å². The van der Waals surface area contributed by atoms with Crippen molar-refractivity contribution < 1.29 is 0 Å². The summed E-state index contributed by atoms with van der Waals surface area (Å²) in [7, 11) is 0. The maximum Gasteiger partial charge on any atom is 0.224 e. The molecule has 0 amide bonds. The van der Waals surface area contributed by atoms with Gasteiger partial charge in [-0.1, -0.05) is 0 Å². The summed E-state index contributed by atoms with van der Waals surface area (Å²) in [6.07, 6.45) is 1.62. The van der Waals surface area contributed by atoms with Crippen LogP contribution in [0.2, 0.25) is 0 Å². The summed E-state index contributed by atoms with van der Waals surface area (Å²) in [6.45, 7) is 2.60. The molecule has 0 bridgehead atoms. The van der Waals surface area contributed by atoms with E-state index in [2.05, 4.69) is 20.3 Å². The van der Waals surface area contributed by atoms with Crippen molar-refractivity contribution in [1.82, 2.24) is 15.0 Å². The molecule has 0 saturated carbocycles. The monoisotopic (exact) mass is 221 g/mol. The topological polar surface area (TPSA) is 76.7 Å². The highest BCUT2D eigenvalue weighted by Gasteiger charge is 1.99. The molecule has 2 aromatic rings. The number of aromatic nitrogens is 3. The van der Waals surface area contributed by atoms with Crippen LogP contribution in [-0.2, 0) is 6.54 Å². The lowest BCUT2D eigenvalue weighted by Crippen LogP contribution is -2.04. The van der Waals surface area contributed by atoms with E-state index in [1.165, 1.54) is 0 Å². The molecule has 5 nitrogen and oxygen atoms in total. The van der Waals surface area contributed by atoms with Crippen LogP contribution in [0.5, 0.6) is 0 Å². The molecule has 0 saturated heterocycles. The molecule has 2 rings (SSSR count). The van der Waals surface area contributed by atoms with Crippen LogP contribution in [0.1, 0.15) is 10.7 Å². The van der Waals surface area contributed by atoms with E-state index in [0.717, 1.165) is 10.7 Å². The minimum atomic E-state index is 0.460. The van der Waals surface area contributed by atoms with Crippen LogP contribution in [0.4, 0.5) is 11.8 Å². The van der Waals surface area contributed by atoms with Gasteiger partial charge in [-0.2, -0.15) is 4.98 Å². The number of aryl methyl sites for hydroxylation is 1. The molecule has 0 atom stereocenters. The third-order valence-corrected chi connectivity index (χ3v) is 2.59. The molecule has 0 unspecified atom stereocenters. The molecule has 0 aliphatic heterocycles. The minimum absolute atomic E-state index is 0.460. The maximum absolute atomic E-state index is 5.53. The molecule has 6 heteroatoms. The highest BCUT2D eigenvalue weighted by molar-refractivity contribution is 7.09. The van der Waals surface area contributed by atoms with Gasteiger partial charge in [-0.3, -0.25) is 0 Å². The normalized spacial score (nSPS) is 10.2. The van der Waals surface area contributed by atoms with Gasteiger partial charge >= 0.3 is 0 Å². The van der Waals surface area contributed by atoms with Gasteiger partial charge in [0.1, 0.15) is 5.82 Å². The third-order valence-electron chi connectivity index (χ3n) is 1.77. The van der Waals surface area contributed by atoms with Crippen molar-refractivity contribution in [2.75, 3.05) is 11.1 Å². The number of nitrogens with one attached hydrogen (secondary N) is 1. The predicted molar refractivity (Wildman–Crippen MR) is 60.6 cm³/mol. The van der Waals surface area contributed by atoms with E-state index in [0.29, 0.717) is 18.3 Å². The Balaban J connectivity index is 1.99. The fraction of sp³-hybridized carbons (Fsp3) is 0.222. The van der Waals surface area contributed by atoms with Crippen LogP contribution < -0.4 is 11.1 Å². The number of anilines is 2. The standard InChI is InChI=1S/C9H11N5S/c1-6-13-7(5-15-6)4-12-9-11-3-2-8(10)14-9/h2-3,5H,4H2,1H3,(H3,10,11,12,14). The largest absolute Gasteiger partial charge is 0.384 e. The first-order valence-electron chi connectivity index (χ1n) is 4.47. The number of hydrogen-bond acceptors (Lipinski definition) is 6. The molecule has 0 radical (unpaired) electrons. The van der Waals surface area contributed by atoms with Gasteiger partial charge in [-0.15, -0.1) is 11.3 Å². The van der Waals surface area contributed by atoms with Crippen molar-refractivity contribution in [3.8, 4) is 0 Å². The molecule has 0 aliphatic carbocycles. The van der Waals surface area contributed by atoms with Crippen molar-refractivity contribution in [2.45, 2.75) is 13.5 Å². The third kappa shape index (κ3) is 2.63. The van der Waals surface area contributed by atoms with Crippen molar-refractivity contribution in [3.05, 3.63) is 28.3 Å². The summed E-state index contributed by atoms with van der Waals surface area (Å²) in [5.41, 5.74) is 6.52. The second-order valence-corrected chi connectivity index (χ2v) is 4.08. The first kappa shape index (κ1) is 9.85. The summed E-state index contributed by atoms with van der Waals surface area (Å²) in [4.78, 5) is 12.4. The molecule has 78 valence electrons. The zero-order chi connectivity index (χ0) is 10.7. The molecule has 2 aromatic heterocycles. The van der Waals surface area contributed by atoms with Gasteiger partial charge in [0.05, 0.1) is 17.2 Å². The van der Waals surface area contributed by atoms with Gasteiger partial charge in [0.15, 0.2) is 0 Å². The van der Waals surface area contributed by atoms with Gasteiger partial charge in [-0.25, -0.2) is 9.97 Å². The molecule has 0 spiro atoms. The predicted octanol–water partition coefficient (Wildman–Crippen LogP) is 1.44. The summed E-state index contributed by atoms with van der Waals surface area (Å²) < 4.78 is 0. The lowest BCUT2D eigenvalue weighted by molar-refractivity contribution is 1.01. The van der Waals surface area contributed by atoms with E-state index in [-0.39, 0.29) is 0 Å². The van der Waals surface area contributed by atoms with E-state index in [9.17, 15) is 0 Å². The van der Waals surface area contributed by atoms with Crippen molar-refractivity contribution in [2.24, 2.45) is 0 Å². The van der Waals surface area contributed by atoms with Crippen LogP contribution in [0.15, 0.2) is 17.6 Å². The van der Waals surface area contributed by atoms with Crippen molar-refractivity contribution >= 4 is 23.1 Å². The Morgan fingerprint density at radius 3 is 3.00 bits per heavy atom. The van der Waals surface area contributed by atoms with E-state index >= 15 is 0 Å². The molecular weight excluding hydrogens is 210 g/mol. The Bertz CT molecular complexity index is 453. The van der Waals surface area contributed by atoms with Crippen molar-refractivity contribution in [1.29, 1.82) is 0 Å². The van der Waals surface area contributed by atoms with Crippen LogP contribution >= 0.6 is 11.3 Å². The van der Waals surface area contributed by atoms with Crippen LogP contribution in [0, 0.1) is 6.92 Å². The number of nitrogens with zero attached hydrogens (tertiary/aromatic N) is 3. The van der Waals surface area contributed by atoms with Gasteiger partial charge in [0.25, 0.3) is 0 Å². The fourth-order valence-corrected chi connectivity index (χ4v) is 1.73. The summed E-state index contributed by atoms with van der Waals surface area (Å²) in [6, 6.07) is 1.65. The number of thiazole rings is 1. The van der Waals surface area contributed by atoms with E-state index < -0.39 is 0 Å². The Kier molecular flexibility index (Phi) is 2.77. The average Bonchev–Trinajstić information content (AvgIpc) is 2.62. The fourth-order valence-electron chi connectivity index (χ4n) is 1.12. The zero-order valence-corrected chi connectivity index (χ0v) is 9.08. The SMILES string of the molecule is Cc1nc(CNc2nccc(N)n2)cs1. The van der Waals surface area contributed by atoms with E-state index in [4.69, 9.17) is 5.73 Å². The molecule has 0 aromatic carbocycles. The average molecular weight is 221 g/mol. The number of nitrogens with two attached hydrogens (primary N) is 1. The van der Waals surface area contributed by atoms with Crippen LogP contribution in [-0.4, -0.2) is 15.0 Å². The molecule has 2 heterocycles. The number of rotatable bonds is 3. The first-order valence-corrected chi connectivity index (χ1v) is 5.35. The molecule has 0 fully saturated rings. The van der Waals surface area contributed by atoms with Gasteiger partial charge in [0.2, 0.25) is 5.95 Å². The number of hydrogen-bond donors (Lipinski definition) is 2. The molecular formula is C9H11N5S. The van der Waals surface area contributed by atoms with Gasteiger partial charge < -0.3 is 11.1 Å². The summed E-state index contributed by atoms with van der Waals surface area (Å²) >= 11 is 1.63. The molecule has 0 aliphatic rings. The highest BCUT2D eigenvalue weighted by atomic mass is 32.1. The summed E-state index contributed by atoms with van der Waals surface area (Å²) in [5, 5.41) is 6.12. The smallest absolute Gasteiger partial charge is 0.224 e. The molecule has 15 heavy (non-hydrogen) atoms. The van der Waals surface area contributed by atoms with Crippen LogP contribution in [0.25, 0.3) is 0 Å². The van der Waals surface area contributed by atoms with Gasteiger partial charge in [-0.05, 0) is 13.0 Å².